The summed E-state index contributed by atoms with van der Waals surface area (Å²) in [4.78, 5) is 22.7. The predicted octanol–water partition coefficient (Wildman–Crippen LogP) is 3.15. The summed E-state index contributed by atoms with van der Waals surface area (Å²) >= 11 is 16.9. The molecular formula is C13H14Cl2N2O3S. The van der Waals surface area contributed by atoms with Gasteiger partial charge in [0.25, 0.3) is 0 Å². The molecule has 1 amide bonds. The lowest BCUT2D eigenvalue weighted by molar-refractivity contribution is -0.144. The number of amides is 1. The molecule has 0 bridgehead atoms. The molecule has 5 nitrogen and oxygen atoms in total. The molecule has 1 rings (SSSR count). The molecule has 0 saturated carbocycles. The van der Waals surface area contributed by atoms with Gasteiger partial charge in [0.15, 0.2) is 5.11 Å². The van der Waals surface area contributed by atoms with Crippen LogP contribution in [0.15, 0.2) is 18.2 Å². The van der Waals surface area contributed by atoms with E-state index in [1.165, 1.54) is 0 Å². The molecule has 0 aliphatic heterocycles. The van der Waals surface area contributed by atoms with Crippen LogP contribution in [0.5, 0.6) is 0 Å². The third kappa shape index (κ3) is 6.29. The number of esters is 1. The maximum atomic E-state index is 11.6. The van der Waals surface area contributed by atoms with Gasteiger partial charge in [-0.1, -0.05) is 29.3 Å². The molecular weight excluding hydrogens is 335 g/mol. The number of ether oxygens (including phenoxy) is 1. The van der Waals surface area contributed by atoms with Crippen LogP contribution in [0.25, 0.3) is 0 Å². The van der Waals surface area contributed by atoms with Crippen LogP contribution in [0, 0.1) is 0 Å². The van der Waals surface area contributed by atoms with Crippen molar-refractivity contribution in [3.05, 3.63) is 28.2 Å². The average molecular weight is 349 g/mol. The van der Waals surface area contributed by atoms with Gasteiger partial charge in [0.1, 0.15) is 0 Å². The number of hydrogen-bond donors (Lipinski definition) is 2. The van der Waals surface area contributed by atoms with Crippen molar-refractivity contribution in [1.82, 2.24) is 5.32 Å². The highest BCUT2D eigenvalue weighted by Crippen LogP contribution is 2.29. The molecule has 0 atom stereocenters. The van der Waals surface area contributed by atoms with E-state index in [9.17, 15) is 9.59 Å². The molecule has 0 spiro atoms. The molecule has 0 aliphatic rings. The minimum atomic E-state index is -0.430. The highest BCUT2D eigenvalue weighted by molar-refractivity contribution is 7.80. The van der Waals surface area contributed by atoms with E-state index < -0.39 is 11.9 Å². The molecule has 0 fully saturated rings. The number of para-hydroxylation sites is 1. The minimum absolute atomic E-state index is 0.00483. The van der Waals surface area contributed by atoms with Crippen molar-refractivity contribution in [2.45, 2.75) is 19.8 Å². The van der Waals surface area contributed by atoms with Crippen molar-refractivity contribution in [2.24, 2.45) is 0 Å². The van der Waals surface area contributed by atoms with Crippen molar-refractivity contribution in [3.8, 4) is 0 Å². The summed E-state index contributed by atoms with van der Waals surface area (Å²) in [6.07, 6.45) is -0.0218. The second kappa shape index (κ2) is 8.81. The SMILES string of the molecule is CCOC(=O)CCC(=O)NC(=S)Nc1c(Cl)cccc1Cl. The Morgan fingerprint density at radius 2 is 1.86 bits per heavy atom. The number of halogens is 2. The van der Waals surface area contributed by atoms with Crippen LogP contribution >= 0.6 is 35.4 Å². The van der Waals surface area contributed by atoms with Gasteiger partial charge in [-0.15, -0.1) is 0 Å². The van der Waals surface area contributed by atoms with E-state index in [0.717, 1.165) is 0 Å². The molecule has 8 heteroatoms. The molecule has 21 heavy (non-hydrogen) atoms. The fourth-order valence-corrected chi connectivity index (χ4v) is 2.11. The highest BCUT2D eigenvalue weighted by atomic mass is 35.5. The molecule has 0 heterocycles. The standard InChI is InChI=1S/C13H14Cl2N2O3S/c1-2-20-11(19)7-6-10(18)16-13(21)17-12-8(14)4-3-5-9(12)15/h3-5H,2,6-7H2,1H3,(H2,16,17,18,21). The van der Waals surface area contributed by atoms with Gasteiger partial charge < -0.3 is 15.4 Å². The molecule has 1 aromatic carbocycles. The lowest BCUT2D eigenvalue weighted by Gasteiger charge is -2.12. The fraction of sp³-hybridized carbons (Fsp3) is 0.308. The summed E-state index contributed by atoms with van der Waals surface area (Å²) in [6.45, 7) is 1.98. The predicted molar refractivity (Wildman–Crippen MR) is 86.7 cm³/mol. The molecule has 0 radical (unpaired) electrons. The first-order chi connectivity index (χ1) is 9.93. The van der Waals surface area contributed by atoms with Crippen molar-refractivity contribution in [2.75, 3.05) is 11.9 Å². The quantitative estimate of drug-likeness (QED) is 0.631. The van der Waals surface area contributed by atoms with E-state index in [0.29, 0.717) is 15.7 Å². The number of hydrogen-bond acceptors (Lipinski definition) is 4. The molecule has 114 valence electrons. The number of carbonyl (C=O) groups is 2. The summed E-state index contributed by atoms with van der Waals surface area (Å²) in [7, 11) is 0. The first kappa shape index (κ1) is 17.7. The maximum absolute atomic E-state index is 11.6. The Hall–Kier alpha value is -1.37. The molecule has 0 aromatic heterocycles. The van der Waals surface area contributed by atoms with E-state index in [2.05, 4.69) is 10.6 Å². The van der Waals surface area contributed by atoms with Gasteiger partial charge in [-0.2, -0.15) is 0 Å². The van der Waals surface area contributed by atoms with E-state index in [-0.39, 0.29) is 24.6 Å². The number of benzene rings is 1. The molecule has 0 aliphatic carbocycles. The van der Waals surface area contributed by atoms with Gasteiger partial charge in [-0.05, 0) is 31.3 Å². The minimum Gasteiger partial charge on any atom is -0.466 e. The second-order valence-electron chi connectivity index (χ2n) is 3.90. The van der Waals surface area contributed by atoms with Crippen LogP contribution in [0.2, 0.25) is 10.0 Å². The molecule has 0 unspecified atom stereocenters. The fourth-order valence-electron chi connectivity index (χ4n) is 1.40. The summed E-state index contributed by atoms with van der Waals surface area (Å²) in [5, 5.41) is 5.99. The van der Waals surface area contributed by atoms with Gasteiger partial charge in [0, 0.05) is 6.42 Å². The zero-order valence-corrected chi connectivity index (χ0v) is 13.6. The number of rotatable bonds is 5. The number of carbonyl (C=O) groups excluding carboxylic acids is 2. The lowest BCUT2D eigenvalue weighted by Crippen LogP contribution is -2.34. The first-order valence-electron chi connectivity index (χ1n) is 6.14. The van der Waals surface area contributed by atoms with E-state index in [1.54, 1.807) is 25.1 Å². The molecule has 0 saturated heterocycles. The van der Waals surface area contributed by atoms with Crippen LogP contribution in [-0.2, 0) is 14.3 Å². The van der Waals surface area contributed by atoms with Gasteiger partial charge in [-0.3, -0.25) is 9.59 Å². The average Bonchev–Trinajstić information content (AvgIpc) is 2.41. The van der Waals surface area contributed by atoms with E-state index in [1.807, 2.05) is 0 Å². The van der Waals surface area contributed by atoms with Crippen LogP contribution in [-0.4, -0.2) is 23.6 Å². The highest BCUT2D eigenvalue weighted by Gasteiger charge is 2.11. The largest absolute Gasteiger partial charge is 0.466 e. The number of thiocarbonyl (C=S) groups is 1. The Kier molecular flexibility index (Phi) is 7.42. The third-order valence-corrected chi connectivity index (χ3v) is 3.15. The monoisotopic (exact) mass is 348 g/mol. The Bertz CT molecular complexity index is 532. The Morgan fingerprint density at radius 1 is 1.24 bits per heavy atom. The molecule has 1 aromatic rings. The van der Waals surface area contributed by atoms with Crippen LogP contribution in [0.3, 0.4) is 0 Å². The smallest absolute Gasteiger partial charge is 0.306 e. The van der Waals surface area contributed by atoms with Gasteiger partial charge >= 0.3 is 5.97 Å². The van der Waals surface area contributed by atoms with Gasteiger partial charge in [0.2, 0.25) is 5.91 Å². The Labute approximate surface area is 137 Å². The first-order valence-corrected chi connectivity index (χ1v) is 7.31. The number of nitrogens with one attached hydrogen (secondary N) is 2. The Morgan fingerprint density at radius 3 is 2.43 bits per heavy atom. The van der Waals surface area contributed by atoms with Crippen LogP contribution < -0.4 is 10.6 Å². The zero-order valence-electron chi connectivity index (χ0n) is 11.2. The number of anilines is 1. The van der Waals surface area contributed by atoms with Crippen molar-refractivity contribution < 1.29 is 14.3 Å². The maximum Gasteiger partial charge on any atom is 0.306 e. The Balaban J connectivity index is 2.47. The normalized spacial score (nSPS) is 9.86. The van der Waals surface area contributed by atoms with Crippen molar-refractivity contribution >= 4 is 58.1 Å². The topological polar surface area (TPSA) is 67.4 Å². The van der Waals surface area contributed by atoms with Gasteiger partial charge in [-0.25, -0.2) is 0 Å². The third-order valence-electron chi connectivity index (χ3n) is 2.32. The lowest BCUT2D eigenvalue weighted by atomic mass is 10.3. The van der Waals surface area contributed by atoms with Crippen LogP contribution in [0.1, 0.15) is 19.8 Å². The summed E-state index contributed by atoms with van der Waals surface area (Å²) in [5.74, 6) is -0.829. The van der Waals surface area contributed by atoms with E-state index in [4.69, 9.17) is 40.2 Å². The summed E-state index contributed by atoms with van der Waals surface area (Å²) in [6, 6.07) is 4.97. The van der Waals surface area contributed by atoms with E-state index >= 15 is 0 Å². The molecule has 2 N–H and O–H groups in total. The second-order valence-corrected chi connectivity index (χ2v) is 5.13. The van der Waals surface area contributed by atoms with Crippen molar-refractivity contribution in [3.63, 3.8) is 0 Å². The summed E-state index contributed by atoms with van der Waals surface area (Å²) < 4.78 is 4.72. The zero-order chi connectivity index (χ0) is 15.8. The van der Waals surface area contributed by atoms with Crippen molar-refractivity contribution in [1.29, 1.82) is 0 Å². The summed E-state index contributed by atoms with van der Waals surface area (Å²) in [5.41, 5.74) is 0.413. The van der Waals surface area contributed by atoms with Gasteiger partial charge in [0.05, 0.1) is 28.8 Å². The van der Waals surface area contributed by atoms with Crippen LogP contribution in [0.4, 0.5) is 5.69 Å².